The van der Waals surface area contributed by atoms with Gasteiger partial charge in [0.1, 0.15) is 0 Å². The van der Waals surface area contributed by atoms with Crippen molar-refractivity contribution in [3.8, 4) is 0 Å². The summed E-state index contributed by atoms with van der Waals surface area (Å²) in [5.41, 5.74) is 4.78. The number of hydrogen-bond acceptors (Lipinski definition) is 10. The molecule has 6 atom stereocenters. The molecule has 0 heterocycles. The third kappa shape index (κ3) is 7.90. The first-order chi connectivity index (χ1) is 16.1. The van der Waals surface area contributed by atoms with Crippen molar-refractivity contribution in [1.82, 2.24) is 11.0 Å². The summed E-state index contributed by atoms with van der Waals surface area (Å²) >= 11 is 0. The normalized spacial score (nSPS) is 29.2. The van der Waals surface area contributed by atoms with Crippen molar-refractivity contribution in [3.63, 3.8) is 0 Å². The van der Waals surface area contributed by atoms with Crippen LogP contribution in [0, 0.1) is 35.5 Å². The molecule has 0 aromatic carbocycles. The molecule has 14 nitrogen and oxygen atoms in total. The Morgan fingerprint density at radius 1 is 0.676 bits per heavy atom. The average molecular weight is 490 g/mol. The van der Waals surface area contributed by atoms with Gasteiger partial charge in [-0.05, 0) is 44.4 Å². The molecule has 6 unspecified atom stereocenters. The predicted molar refractivity (Wildman–Crippen MR) is 108 cm³/mol. The summed E-state index contributed by atoms with van der Waals surface area (Å²) in [6, 6.07) is 0. The molecule has 0 aromatic heterocycles. The molecule has 0 spiro atoms. The lowest BCUT2D eigenvalue weighted by atomic mass is 9.74. The van der Waals surface area contributed by atoms with Crippen molar-refractivity contribution in [2.24, 2.45) is 35.5 Å². The summed E-state index contributed by atoms with van der Waals surface area (Å²) in [7, 11) is 0. The highest BCUT2D eigenvalue weighted by Crippen LogP contribution is 2.36. The van der Waals surface area contributed by atoms with E-state index < -0.39 is 65.4 Å². The maximum Gasteiger partial charge on any atom is 0.328 e. The van der Waals surface area contributed by atoms with E-state index in [1.165, 1.54) is 0 Å². The Morgan fingerprint density at radius 3 is 1.82 bits per heavy atom. The fourth-order valence-electron chi connectivity index (χ4n) is 4.41. The smallest absolute Gasteiger partial charge is 0.328 e. The number of hydroxylamine groups is 2. The molecule has 0 aromatic rings. The van der Waals surface area contributed by atoms with E-state index in [9.17, 15) is 34.2 Å². The summed E-state index contributed by atoms with van der Waals surface area (Å²) < 4.78 is 0. The molecule has 0 saturated heterocycles. The maximum absolute atomic E-state index is 12.2. The second kappa shape index (κ2) is 13.2. The molecule has 2 saturated carbocycles. The molecule has 0 radical (unpaired) electrons. The topological polar surface area (TPSA) is 218 Å². The molecular weight excluding hydrogens is 460 g/mol. The van der Waals surface area contributed by atoms with E-state index in [2.05, 4.69) is 11.0 Å². The van der Waals surface area contributed by atoms with Crippen molar-refractivity contribution in [1.29, 1.82) is 0 Å². The van der Waals surface area contributed by atoms with Gasteiger partial charge in [0, 0.05) is 13.1 Å². The molecule has 0 aliphatic heterocycles. The van der Waals surface area contributed by atoms with Gasteiger partial charge in [0.05, 0.1) is 36.2 Å². The van der Waals surface area contributed by atoms with E-state index in [0.717, 1.165) is 0 Å². The number of carbonyl (C=O) groups is 5. The SMILES string of the molecule is O=C(O)C1CCC(COONCCNOC(=O)C2CCC(C(=O)O)CC2C(=O)O)C(C(=O)O)C1. The van der Waals surface area contributed by atoms with Crippen LogP contribution in [0.5, 0.6) is 0 Å². The molecule has 2 aliphatic carbocycles. The highest BCUT2D eigenvalue weighted by Gasteiger charge is 2.42. The zero-order chi connectivity index (χ0) is 25.3. The fourth-order valence-corrected chi connectivity index (χ4v) is 4.41. The van der Waals surface area contributed by atoms with Gasteiger partial charge >= 0.3 is 29.8 Å². The molecule has 14 heteroatoms. The lowest BCUT2D eigenvalue weighted by molar-refractivity contribution is -0.344. The van der Waals surface area contributed by atoms with Crippen LogP contribution in [0.25, 0.3) is 0 Å². The number of hydrogen-bond donors (Lipinski definition) is 6. The largest absolute Gasteiger partial charge is 0.481 e. The number of rotatable bonds is 13. The van der Waals surface area contributed by atoms with Gasteiger partial charge in [-0.25, -0.2) is 4.89 Å². The first-order valence-corrected chi connectivity index (χ1v) is 11.0. The quantitative estimate of drug-likeness (QED) is 0.113. The number of carboxylic acids is 4. The second-order valence-electron chi connectivity index (χ2n) is 8.53. The molecule has 0 bridgehead atoms. The highest BCUT2D eigenvalue weighted by molar-refractivity contribution is 5.82. The van der Waals surface area contributed by atoms with Crippen LogP contribution in [0.3, 0.4) is 0 Å². The van der Waals surface area contributed by atoms with Gasteiger partial charge in [0.15, 0.2) is 0 Å². The lowest BCUT2D eigenvalue weighted by Gasteiger charge is -2.31. The van der Waals surface area contributed by atoms with Crippen LogP contribution in [0.4, 0.5) is 0 Å². The Bertz CT molecular complexity index is 760. The van der Waals surface area contributed by atoms with E-state index in [-0.39, 0.29) is 45.4 Å². The molecule has 0 amide bonds. The molecular formula is C20H30N2O12. The van der Waals surface area contributed by atoms with E-state index in [1.807, 2.05) is 0 Å². The monoisotopic (exact) mass is 490 g/mol. The van der Waals surface area contributed by atoms with Crippen LogP contribution in [0.15, 0.2) is 0 Å². The van der Waals surface area contributed by atoms with Gasteiger partial charge < -0.3 is 25.3 Å². The third-order valence-corrected chi connectivity index (χ3v) is 6.38. The minimum Gasteiger partial charge on any atom is -0.481 e. The zero-order valence-electron chi connectivity index (χ0n) is 18.4. The standard InChI is InChI=1S/C20H30N2O12/c23-16(24)10-1-2-12(14(7-10)18(27)28)9-32-34-22-6-5-21-33-20(31)13-4-3-11(17(25)26)8-15(13)19(29)30/h10-15,21-22H,1-9H2,(H,23,24)(H,25,26)(H,27,28)(H,29,30). The molecule has 2 aliphatic rings. The average Bonchev–Trinajstić information content (AvgIpc) is 2.79. The Balaban J connectivity index is 1.61. The summed E-state index contributed by atoms with van der Waals surface area (Å²) in [5, 5.41) is 36.8. The van der Waals surface area contributed by atoms with Crippen molar-refractivity contribution in [2.45, 2.75) is 38.5 Å². The van der Waals surface area contributed by atoms with Gasteiger partial charge in [0.2, 0.25) is 0 Å². The minimum atomic E-state index is -1.25. The third-order valence-electron chi connectivity index (χ3n) is 6.38. The Kier molecular flexibility index (Phi) is 10.6. The van der Waals surface area contributed by atoms with Crippen LogP contribution in [-0.2, 0) is 38.7 Å². The number of carboxylic acid groups (broad SMARTS) is 4. The van der Waals surface area contributed by atoms with E-state index in [1.54, 1.807) is 0 Å². The Labute approximate surface area is 194 Å². The van der Waals surface area contributed by atoms with Crippen LogP contribution >= 0.6 is 0 Å². The van der Waals surface area contributed by atoms with Crippen molar-refractivity contribution >= 4 is 29.8 Å². The van der Waals surface area contributed by atoms with Crippen molar-refractivity contribution in [3.05, 3.63) is 0 Å². The Morgan fingerprint density at radius 2 is 1.24 bits per heavy atom. The molecule has 2 rings (SSSR count). The van der Waals surface area contributed by atoms with E-state index in [0.29, 0.717) is 12.8 Å². The maximum atomic E-state index is 12.2. The number of aliphatic carboxylic acids is 4. The van der Waals surface area contributed by atoms with Gasteiger partial charge in [-0.3, -0.25) is 24.0 Å². The van der Waals surface area contributed by atoms with Gasteiger partial charge in [-0.15, -0.1) is 4.99 Å². The van der Waals surface area contributed by atoms with Crippen LogP contribution in [0.1, 0.15) is 38.5 Å². The molecule has 2 fully saturated rings. The summed E-state index contributed by atoms with van der Waals surface area (Å²) in [5.74, 6) is -10.1. The first kappa shape index (κ1) is 27.4. The fraction of sp³-hybridized carbons (Fsp3) is 0.750. The summed E-state index contributed by atoms with van der Waals surface area (Å²) in [6.45, 7) is 0.128. The van der Waals surface area contributed by atoms with Crippen LogP contribution in [-0.4, -0.2) is 70.0 Å². The molecule has 6 N–H and O–H groups in total. The Hall–Kier alpha value is -2.81. The summed E-state index contributed by atoms with van der Waals surface area (Å²) in [4.78, 5) is 71.8. The first-order valence-electron chi connectivity index (χ1n) is 11.0. The number of nitrogens with one attached hydrogen (secondary N) is 2. The second-order valence-corrected chi connectivity index (χ2v) is 8.53. The van der Waals surface area contributed by atoms with Crippen LogP contribution in [0.2, 0.25) is 0 Å². The highest BCUT2D eigenvalue weighted by atomic mass is 17.3. The minimum absolute atomic E-state index is 0.0299. The lowest BCUT2D eigenvalue weighted by Crippen LogP contribution is -2.40. The number of carbonyl (C=O) groups excluding carboxylic acids is 1. The van der Waals surface area contributed by atoms with Crippen molar-refractivity contribution in [2.75, 3.05) is 19.7 Å². The van der Waals surface area contributed by atoms with Gasteiger partial charge in [-0.1, -0.05) is 0 Å². The van der Waals surface area contributed by atoms with Crippen LogP contribution < -0.4 is 11.0 Å². The van der Waals surface area contributed by atoms with Gasteiger partial charge in [0.25, 0.3) is 0 Å². The summed E-state index contributed by atoms with van der Waals surface area (Å²) in [6.07, 6.45) is 0.901. The van der Waals surface area contributed by atoms with E-state index >= 15 is 0 Å². The molecule has 34 heavy (non-hydrogen) atoms. The predicted octanol–water partition coefficient (Wildman–Crippen LogP) is -0.110. The zero-order valence-corrected chi connectivity index (χ0v) is 18.4. The van der Waals surface area contributed by atoms with Crippen molar-refractivity contribution < 1.29 is 59.1 Å². The van der Waals surface area contributed by atoms with E-state index in [4.69, 9.17) is 24.9 Å². The van der Waals surface area contributed by atoms with Gasteiger partial charge in [-0.2, -0.15) is 11.0 Å². The molecule has 192 valence electrons.